The van der Waals surface area contributed by atoms with E-state index in [0.717, 1.165) is 36.1 Å². The van der Waals surface area contributed by atoms with Crippen molar-refractivity contribution in [3.05, 3.63) is 47.7 Å². The molecule has 2 aromatic rings. The number of anilines is 2. The molecule has 1 N–H and O–H groups in total. The first-order chi connectivity index (χ1) is 16.8. The Labute approximate surface area is 206 Å². The predicted octanol–water partition coefficient (Wildman–Crippen LogP) is 3.51. The molecule has 0 unspecified atom stereocenters. The van der Waals surface area contributed by atoms with E-state index in [-0.39, 0.29) is 34.6 Å². The first kappa shape index (κ1) is 23.9. The zero-order chi connectivity index (χ0) is 24.7. The largest absolute Gasteiger partial charge is 0.310 e. The Morgan fingerprint density at radius 3 is 2.46 bits per heavy atom. The molecule has 186 valence electrons. The smallest absolute Gasteiger partial charge is 0.243 e. The number of benzene rings is 1. The van der Waals surface area contributed by atoms with Crippen molar-refractivity contribution in [1.29, 1.82) is 0 Å². The third kappa shape index (κ3) is 4.47. The van der Waals surface area contributed by atoms with E-state index in [0.29, 0.717) is 38.2 Å². The van der Waals surface area contributed by atoms with E-state index in [1.54, 1.807) is 24.4 Å². The average molecular weight is 497 g/mol. The number of amides is 2. The van der Waals surface area contributed by atoms with Crippen LogP contribution in [0.15, 0.2) is 41.4 Å². The summed E-state index contributed by atoms with van der Waals surface area (Å²) in [6.45, 7) is 4.49. The molecule has 5 rings (SSSR count). The fourth-order valence-corrected chi connectivity index (χ4v) is 6.82. The summed E-state index contributed by atoms with van der Waals surface area (Å²) in [4.78, 5) is 32.0. The van der Waals surface area contributed by atoms with Crippen LogP contribution >= 0.6 is 0 Å². The maximum Gasteiger partial charge on any atom is 0.243 e. The maximum absolute atomic E-state index is 13.4. The number of carbonyl (C=O) groups excluding carboxylic acids is 2. The van der Waals surface area contributed by atoms with Crippen LogP contribution in [0.2, 0.25) is 0 Å². The van der Waals surface area contributed by atoms with Crippen molar-refractivity contribution in [2.45, 2.75) is 63.3 Å². The molecule has 0 bridgehead atoms. The summed E-state index contributed by atoms with van der Waals surface area (Å²) < 4.78 is 28.3. The number of hydrogen-bond acceptors (Lipinski definition) is 5. The lowest BCUT2D eigenvalue weighted by Gasteiger charge is -2.32. The van der Waals surface area contributed by atoms with Gasteiger partial charge in [-0.05, 0) is 81.3 Å². The third-order valence-corrected chi connectivity index (χ3v) is 9.57. The van der Waals surface area contributed by atoms with Crippen LogP contribution in [-0.2, 0) is 26.0 Å². The van der Waals surface area contributed by atoms with E-state index >= 15 is 0 Å². The van der Waals surface area contributed by atoms with E-state index in [9.17, 15) is 18.0 Å². The Bertz CT molecular complexity index is 1250. The van der Waals surface area contributed by atoms with Gasteiger partial charge < -0.3 is 10.2 Å². The highest BCUT2D eigenvalue weighted by Gasteiger charge is 2.38. The lowest BCUT2D eigenvalue weighted by Crippen LogP contribution is -2.42. The van der Waals surface area contributed by atoms with Gasteiger partial charge in [-0.25, -0.2) is 13.4 Å². The molecule has 9 heteroatoms. The topological polar surface area (TPSA) is 99.7 Å². The summed E-state index contributed by atoms with van der Waals surface area (Å²) in [6, 6.07) is 8.88. The Morgan fingerprint density at radius 2 is 1.80 bits per heavy atom. The van der Waals surface area contributed by atoms with Gasteiger partial charge in [-0.15, -0.1) is 0 Å². The van der Waals surface area contributed by atoms with E-state index in [1.807, 2.05) is 30.9 Å². The number of fused-ring (bicyclic) bond motifs is 1. The number of rotatable bonds is 5. The van der Waals surface area contributed by atoms with E-state index < -0.39 is 10.0 Å². The molecule has 8 nitrogen and oxygen atoms in total. The molecular weight excluding hydrogens is 464 g/mol. The molecule has 2 fully saturated rings. The third-order valence-electron chi connectivity index (χ3n) is 7.67. The second-order valence-corrected chi connectivity index (χ2v) is 12.0. The average Bonchev–Trinajstić information content (AvgIpc) is 3.14. The van der Waals surface area contributed by atoms with Crippen molar-refractivity contribution in [3.63, 3.8) is 0 Å². The number of nitrogens with zero attached hydrogens (tertiary/aromatic N) is 3. The number of pyridine rings is 1. The van der Waals surface area contributed by atoms with Crippen LogP contribution in [0.3, 0.4) is 0 Å². The van der Waals surface area contributed by atoms with Gasteiger partial charge in [0.05, 0.1) is 4.90 Å². The molecule has 1 aromatic carbocycles. The molecule has 1 aromatic heterocycles. The number of sulfonamides is 1. The minimum Gasteiger partial charge on any atom is -0.310 e. The fraction of sp³-hybridized carbons (Fsp3) is 0.500. The molecule has 0 radical (unpaired) electrons. The molecule has 1 saturated carbocycles. The van der Waals surface area contributed by atoms with Gasteiger partial charge in [0.15, 0.2) is 0 Å². The maximum atomic E-state index is 13.4. The van der Waals surface area contributed by atoms with Gasteiger partial charge in [-0.1, -0.05) is 12.5 Å². The molecule has 35 heavy (non-hydrogen) atoms. The zero-order valence-corrected chi connectivity index (χ0v) is 21.1. The standard InChI is InChI=1S/C26H32N4O4S/c1-17-5-4-12-27-24(17)28-25(31)19-10-13-29(14-11-19)35(33,34)22-8-9-23-21(16-22)15-18(2)30(23)26(32)20-6-3-7-20/h4-5,8-9,12,16,18-20H,3,6-7,10-11,13-15H2,1-2H3,(H,27,28,31)/t18-/m1/s1. The summed E-state index contributed by atoms with van der Waals surface area (Å²) in [5, 5.41) is 2.88. The SMILES string of the molecule is Cc1cccnc1NC(=O)C1CCN(S(=O)(=O)c2ccc3c(c2)C[C@@H](C)N3C(=O)C2CCC2)CC1. The monoisotopic (exact) mass is 496 g/mol. The van der Waals surface area contributed by atoms with E-state index in [2.05, 4.69) is 10.3 Å². The van der Waals surface area contributed by atoms with Gasteiger partial charge in [0.2, 0.25) is 21.8 Å². The van der Waals surface area contributed by atoms with Crippen LogP contribution in [0, 0.1) is 18.8 Å². The fourth-order valence-electron chi connectivity index (χ4n) is 5.30. The molecule has 2 aliphatic heterocycles. The van der Waals surface area contributed by atoms with Gasteiger partial charge in [-0.2, -0.15) is 4.31 Å². The van der Waals surface area contributed by atoms with Gasteiger partial charge in [0.25, 0.3) is 0 Å². The van der Waals surface area contributed by atoms with Crippen molar-refractivity contribution in [2.75, 3.05) is 23.3 Å². The van der Waals surface area contributed by atoms with Gasteiger partial charge in [-0.3, -0.25) is 9.59 Å². The van der Waals surface area contributed by atoms with Crippen molar-refractivity contribution >= 4 is 33.3 Å². The number of hydrogen-bond donors (Lipinski definition) is 1. The molecule has 2 amide bonds. The molecule has 0 spiro atoms. The molecule has 3 aliphatic rings. The molecular formula is C26H32N4O4S. The lowest BCUT2D eigenvalue weighted by atomic mass is 9.84. The first-order valence-electron chi connectivity index (χ1n) is 12.4. The van der Waals surface area contributed by atoms with Crippen LogP contribution < -0.4 is 10.2 Å². The summed E-state index contributed by atoms with van der Waals surface area (Å²) >= 11 is 0. The minimum atomic E-state index is -3.68. The molecule has 1 atom stereocenters. The van der Waals surface area contributed by atoms with Crippen LogP contribution in [0.1, 0.15) is 50.2 Å². The minimum absolute atomic E-state index is 0.0352. The highest BCUT2D eigenvalue weighted by molar-refractivity contribution is 7.89. The molecule has 3 heterocycles. The lowest BCUT2D eigenvalue weighted by molar-refractivity contribution is -0.125. The Kier molecular flexibility index (Phi) is 6.40. The van der Waals surface area contributed by atoms with Crippen LogP contribution in [0.5, 0.6) is 0 Å². The number of aromatic nitrogens is 1. The van der Waals surface area contributed by atoms with Crippen LogP contribution in [-0.4, -0.2) is 48.7 Å². The second-order valence-electron chi connectivity index (χ2n) is 10.0. The molecule has 1 saturated heterocycles. The Morgan fingerprint density at radius 1 is 1.06 bits per heavy atom. The number of nitrogens with one attached hydrogen (secondary N) is 1. The summed E-state index contributed by atoms with van der Waals surface area (Å²) in [5.41, 5.74) is 2.64. The van der Waals surface area contributed by atoms with Crippen LogP contribution in [0.4, 0.5) is 11.5 Å². The number of carbonyl (C=O) groups is 2. The predicted molar refractivity (Wildman–Crippen MR) is 134 cm³/mol. The zero-order valence-electron chi connectivity index (χ0n) is 20.2. The number of piperidine rings is 1. The van der Waals surface area contributed by atoms with Gasteiger partial charge >= 0.3 is 0 Å². The summed E-state index contributed by atoms with van der Waals surface area (Å²) in [6.07, 6.45) is 6.21. The second kappa shape index (κ2) is 9.35. The Balaban J connectivity index is 1.25. The highest BCUT2D eigenvalue weighted by atomic mass is 32.2. The van der Waals surface area contributed by atoms with Crippen LogP contribution in [0.25, 0.3) is 0 Å². The van der Waals surface area contributed by atoms with Crippen molar-refractivity contribution < 1.29 is 18.0 Å². The van der Waals surface area contributed by atoms with Crippen molar-refractivity contribution in [2.24, 2.45) is 11.8 Å². The first-order valence-corrected chi connectivity index (χ1v) is 13.9. The molecule has 1 aliphatic carbocycles. The van der Waals surface area contributed by atoms with Gasteiger partial charge in [0.1, 0.15) is 5.82 Å². The normalized spacial score (nSPS) is 21.4. The Hall–Kier alpha value is -2.78. The van der Waals surface area contributed by atoms with Crippen molar-refractivity contribution in [3.8, 4) is 0 Å². The highest BCUT2D eigenvalue weighted by Crippen LogP contribution is 2.38. The van der Waals surface area contributed by atoms with Crippen molar-refractivity contribution in [1.82, 2.24) is 9.29 Å². The number of aryl methyl sites for hydroxylation is 1. The van der Waals surface area contributed by atoms with Gasteiger partial charge in [0, 0.05) is 42.9 Å². The van der Waals surface area contributed by atoms with E-state index in [4.69, 9.17) is 0 Å². The summed E-state index contributed by atoms with van der Waals surface area (Å²) in [7, 11) is -3.68. The van der Waals surface area contributed by atoms with E-state index in [1.165, 1.54) is 4.31 Å². The quantitative estimate of drug-likeness (QED) is 0.683. The summed E-state index contributed by atoms with van der Waals surface area (Å²) in [5.74, 6) is 0.442.